The number of halogens is 4. The molecule has 0 saturated carbocycles. The lowest BCUT2D eigenvalue weighted by molar-refractivity contribution is -0.162. The lowest BCUT2D eigenvalue weighted by atomic mass is 9.81. The van der Waals surface area contributed by atoms with Crippen molar-refractivity contribution in [1.82, 2.24) is 40.4 Å². The number of aromatic nitrogens is 8. The van der Waals surface area contributed by atoms with Crippen LogP contribution in [0, 0.1) is 35.3 Å². The maximum absolute atomic E-state index is 14.3. The first-order valence-electron chi connectivity index (χ1n) is 24.0. The SMILES string of the molecule is COc1ccc(Cn2nnc([C@@H](Cc3cc(F)cc(Br)c3)[C@H](CC(C)C)C(=O)OC(C)(C)C)n2)cc1.COc1ccc(Cn2nnnc2[C@@H](Cc2cc(F)cc(Br)c2)[C@H](CC(C)C)C(=O)OC(C)(C)C)cc1. The molecule has 2 heterocycles. The number of esters is 2. The van der Waals surface area contributed by atoms with Crippen molar-refractivity contribution in [2.75, 3.05) is 14.2 Å². The van der Waals surface area contributed by atoms with Crippen molar-refractivity contribution in [2.45, 2.75) is 131 Å². The van der Waals surface area contributed by atoms with E-state index in [2.05, 4.69) is 90.5 Å². The van der Waals surface area contributed by atoms with Gasteiger partial charge in [-0.1, -0.05) is 83.8 Å². The summed E-state index contributed by atoms with van der Waals surface area (Å²) in [5.74, 6) is -0.300. The summed E-state index contributed by atoms with van der Waals surface area (Å²) in [5.41, 5.74) is 2.15. The molecular formula is C54H68Br2F2N8O6. The van der Waals surface area contributed by atoms with Crippen LogP contribution in [0.1, 0.15) is 128 Å². The fraction of sp³-hybridized carbons (Fsp3) is 0.481. The van der Waals surface area contributed by atoms with Crippen molar-refractivity contribution in [2.24, 2.45) is 23.7 Å². The van der Waals surface area contributed by atoms with E-state index in [0.29, 0.717) is 59.4 Å². The number of carbonyl (C=O) groups excluding carboxylic acids is 2. The molecule has 6 aromatic rings. The van der Waals surface area contributed by atoms with Gasteiger partial charge in [-0.2, -0.15) is 4.80 Å². The minimum Gasteiger partial charge on any atom is -0.497 e. The van der Waals surface area contributed by atoms with Crippen LogP contribution in [0.2, 0.25) is 0 Å². The van der Waals surface area contributed by atoms with Crippen molar-refractivity contribution in [3.8, 4) is 11.5 Å². The highest BCUT2D eigenvalue weighted by Gasteiger charge is 2.38. The maximum Gasteiger partial charge on any atom is 0.310 e. The van der Waals surface area contributed by atoms with Gasteiger partial charge in [0.05, 0.1) is 39.1 Å². The highest BCUT2D eigenvalue weighted by Crippen LogP contribution is 2.36. The van der Waals surface area contributed by atoms with E-state index in [9.17, 15) is 18.4 Å². The van der Waals surface area contributed by atoms with Crippen molar-refractivity contribution in [3.05, 3.63) is 139 Å². The third-order valence-electron chi connectivity index (χ3n) is 11.3. The van der Waals surface area contributed by atoms with Crippen molar-refractivity contribution in [1.29, 1.82) is 0 Å². The van der Waals surface area contributed by atoms with Crippen LogP contribution in [0.4, 0.5) is 8.78 Å². The van der Waals surface area contributed by atoms with E-state index in [1.807, 2.05) is 102 Å². The lowest BCUT2D eigenvalue weighted by Gasteiger charge is -2.30. The quantitative estimate of drug-likeness (QED) is 0.0667. The van der Waals surface area contributed by atoms with Gasteiger partial charge >= 0.3 is 11.9 Å². The van der Waals surface area contributed by atoms with Gasteiger partial charge in [-0.05, 0) is 178 Å². The van der Waals surface area contributed by atoms with Gasteiger partial charge in [0.25, 0.3) is 0 Å². The first-order valence-corrected chi connectivity index (χ1v) is 25.6. The number of hydrogen-bond acceptors (Lipinski definition) is 12. The van der Waals surface area contributed by atoms with Gasteiger partial charge in [0.15, 0.2) is 11.6 Å². The summed E-state index contributed by atoms with van der Waals surface area (Å²) in [6.07, 6.45) is 1.88. The van der Waals surface area contributed by atoms with Crippen LogP contribution in [-0.2, 0) is 45.0 Å². The molecule has 0 unspecified atom stereocenters. The van der Waals surface area contributed by atoms with Gasteiger partial charge in [-0.15, -0.1) is 15.3 Å². The fourth-order valence-corrected chi connectivity index (χ4v) is 9.30. The molecule has 0 aliphatic carbocycles. The lowest BCUT2D eigenvalue weighted by Crippen LogP contribution is -2.34. The van der Waals surface area contributed by atoms with Gasteiger partial charge in [0.2, 0.25) is 0 Å². The van der Waals surface area contributed by atoms with Gasteiger partial charge in [-0.25, -0.2) is 13.5 Å². The molecule has 14 nitrogen and oxygen atoms in total. The number of tetrazole rings is 2. The van der Waals surface area contributed by atoms with Gasteiger partial charge < -0.3 is 18.9 Å². The standard InChI is InChI=1S/2C27H34BrFN4O3/c1-17(2)11-24(26(34)36-27(3,4)5)23(14-19-12-20(28)15-21(29)13-19)25-30-31-32-33(25)16-18-7-9-22(35-6)10-8-18;1-17(2)11-24(26(34)36-27(3,4)5)23(14-19-12-20(28)15-21(29)13-19)25-30-32-33(31-25)16-18-7-9-22(35-6)10-8-18/h2*7-10,12-13,15,17,23-24H,11,14,16H2,1-6H3/t2*23-,24-/m00/s1. The molecule has 0 aliphatic rings. The number of hydrogen-bond donors (Lipinski definition) is 0. The Kier molecular flexibility index (Phi) is 20.6. The molecule has 0 spiro atoms. The molecule has 0 bridgehead atoms. The number of nitrogens with zero attached hydrogens (tertiary/aromatic N) is 8. The number of methoxy groups -OCH3 is 2. The normalized spacial score (nSPS) is 13.5. The third kappa shape index (κ3) is 18.1. The monoisotopic (exact) mass is 1120 g/mol. The molecule has 18 heteroatoms. The van der Waals surface area contributed by atoms with E-state index in [1.54, 1.807) is 18.9 Å². The van der Waals surface area contributed by atoms with Crippen LogP contribution in [0.25, 0.3) is 0 Å². The summed E-state index contributed by atoms with van der Waals surface area (Å²) in [5, 5.41) is 25.8. The van der Waals surface area contributed by atoms with E-state index in [-0.39, 0.29) is 35.4 Å². The topological polar surface area (TPSA) is 158 Å². The summed E-state index contributed by atoms with van der Waals surface area (Å²) in [6.45, 7) is 20.2. The molecule has 0 radical (unpaired) electrons. The predicted molar refractivity (Wildman–Crippen MR) is 278 cm³/mol. The summed E-state index contributed by atoms with van der Waals surface area (Å²) in [7, 11) is 3.24. The van der Waals surface area contributed by atoms with Crippen molar-refractivity contribution in [3.63, 3.8) is 0 Å². The molecular weight excluding hydrogens is 1050 g/mol. The maximum atomic E-state index is 14.3. The first-order chi connectivity index (χ1) is 33.9. The van der Waals surface area contributed by atoms with E-state index in [1.165, 1.54) is 29.1 Å². The molecule has 0 aliphatic heterocycles. The van der Waals surface area contributed by atoms with Crippen molar-refractivity contribution < 1.29 is 37.3 Å². The molecule has 0 saturated heterocycles. The van der Waals surface area contributed by atoms with Crippen LogP contribution < -0.4 is 9.47 Å². The van der Waals surface area contributed by atoms with Crippen LogP contribution in [0.15, 0.2) is 93.9 Å². The van der Waals surface area contributed by atoms with Crippen LogP contribution >= 0.6 is 31.9 Å². The number of rotatable bonds is 20. The van der Waals surface area contributed by atoms with E-state index in [0.717, 1.165) is 33.8 Å². The van der Waals surface area contributed by atoms with Gasteiger partial charge in [-0.3, -0.25) is 9.59 Å². The number of ether oxygens (including phenoxy) is 4. The molecule has 4 aromatic carbocycles. The summed E-state index contributed by atoms with van der Waals surface area (Å²) < 4.78 is 53.5. The zero-order valence-electron chi connectivity index (χ0n) is 43.3. The van der Waals surface area contributed by atoms with Gasteiger partial charge in [0.1, 0.15) is 34.3 Å². The fourth-order valence-electron chi connectivity index (χ4n) is 8.27. The van der Waals surface area contributed by atoms with E-state index < -0.39 is 34.9 Å². The third-order valence-corrected chi connectivity index (χ3v) is 12.2. The molecule has 0 amide bonds. The summed E-state index contributed by atoms with van der Waals surface area (Å²) in [4.78, 5) is 28.4. The largest absolute Gasteiger partial charge is 0.497 e. The zero-order valence-corrected chi connectivity index (χ0v) is 46.5. The van der Waals surface area contributed by atoms with Gasteiger partial charge in [0, 0.05) is 20.8 Å². The zero-order chi connectivity index (χ0) is 52.9. The van der Waals surface area contributed by atoms with E-state index in [4.69, 9.17) is 18.9 Å². The summed E-state index contributed by atoms with van der Waals surface area (Å²) >= 11 is 6.75. The highest BCUT2D eigenvalue weighted by atomic mass is 79.9. The Morgan fingerprint density at radius 3 is 1.47 bits per heavy atom. The van der Waals surface area contributed by atoms with Crippen molar-refractivity contribution >= 4 is 43.8 Å². The Labute approximate surface area is 439 Å². The highest BCUT2D eigenvalue weighted by molar-refractivity contribution is 9.10. The second-order valence-corrected chi connectivity index (χ2v) is 22.6. The average molecular weight is 1120 g/mol. The first kappa shape index (κ1) is 57.3. The Morgan fingerprint density at radius 1 is 0.597 bits per heavy atom. The molecule has 388 valence electrons. The van der Waals surface area contributed by atoms with E-state index >= 15 is 0 Å². The Hall–Kier alpha value is -5.62. The Bertz CT molecular complexity index is 2640. The molecule has 0 fully saturated rings. The number of carbonyl (C=O) groups is 2. The smallest absolute Gasteiger partial charge is 0.310 e. The minimum absolute atomic E-state index is 0.218. The second kappa shape index (κ2) is 25.9. The molecule has 6 rings (SSSR count). The molecule has 4 atom stereocenters. The molecule has 2 aromatic heterocycles. The Balaban J connectivity index is 0.000000267. The number of benzene rings is 4. The predicted octanol–water partition coefficient (Wildman–Crippen LogP) is 11.9. The summed E-state index contributed by atoms with van der Waals surface area (Å²) in [6, 6.07) is 24.7. The van der Waals surface area contributed by atoms with Crippen LogP contribution in [0.3, 0.4) is 0 Å². The minimum atomic E-state index is -0.645. The molecule has 72 heavy (non-hydrogen) atoms. The molecule has 0 N–H and O–H groups in total. The van der Waals surface area contributed by atoms with Crippen LogP contribution in [-0.4, -0.2) is 77.8 Å². The average Bonchev–Trinajstić information content (AvgIpc) is 3.94. The second-order valence-electron chi connectivity index (χ2n) is 20.8. The Morgan fingerprint density at radius 2 is 1.04 bits per heavy atom. The van der Waals surface area contributed by atoms with Crippen LogP contribution in [0.5, 0.6) is 11.5 Å².